The first kappa shape index (κ1) is 12.0. The molecule has 1 aliphatic carbocycles. The van der Waals surface area contributed by atoms with Crippen molar-refractivity contribution in [1.82, 2.24) is 0 Å². The minimum Gasteiger partial charge on any atom is -0.390 e. The van der Waals surface area contributed by atoms with Crippen LogP contribution in [0.2, 0.25) is 0 Å². The highest BCUT2D eigenvalue weighted by Gasteiger charge is 2.29. The summed E-state index contributed by atoms with van der Waals surface area (Å²) >= 11 is 0. The molecule has 0 radical (unpaired) electrons. The summed E-state index contributed by atoms with van der Waals surface area (Å²) < 4.78 is 10.8. The molecule has 1 aliphatic rings. The van der Waals surface area contributed by atoms with Crippen molar-refractivity contribution in [2.75, 3.05) is 19.8 Å². The Morgan fingerprint density at radius 3 is 2.43 bits per heavy atom. The molecule has 0 spiro atoms. The van der Waals surface area contributed by atoms with Crippen molar-refractivity contribution in [1.29, 1.82) is 0 Å². The molecule has 1 N–H and O–H groups in total. The third kappa shape index (κ3) is 5.58. The molecular formula is C11H22O3. The summed E-state index contributed by atoms with van der Waals surface area (Å²) in [4.78, 5) is 0. The third-order valence-electron chi connectivity index (χ3n) is 2.22. The lowest BCUT2D eigenvalue weighted by atomic mass is 10.2. The van der Waals surface area contributed by atoms with Crippen LogP contribution in [0.3, 0.4) is 0 Å². The highest BCUT2D eigenvalue weighted by Crippen LogP contribution is 2.32. The number of aliphatic hydroxyl groups excluding tert-OH is 1. The van der Waals surface area contributed by atoms with Crippen LogP contribution < -0.4 is 0 Å². The van der Waals surface area contributed by atoms with Gasteiger partial charge in [0.1, 0.15) is 0 Å². The molecule has 0 bridgehead atoms. The molecule has 0 heterocycles. The van der Waals surface area contributed by atoms with E-state index in [4.69, 9.17) is 9.47 Å². The number of hydrogen-bond acceptors (Lipinski definition) is 3. The smallest absolute Gasteiger partial charge is 0.0801 e. The van der Waals surface area contributed by atoms with Crippen LogP contribution in [0.5, 0.6) is 0 Å². The van der Waals surface area contributed by atoms with Gasteiger partial charge in [-0.1, -0.05) is 0 Å². The van der Waals surface area contributed by atoms with Gasteiger partial charge in [0.25, 0.3) is 0 Å². The standard InChI is InChI=1S/C11H22O3/c1-11(2,3)14-7-6-13-8-10(12)9-4-5-9/h9-10,12H,4-8H2,1-3H3. The van der Waals surface area contributed by atoms with E-state index in [1.165, 1.54) is 0 Å². The van der Waals surface area contributed by atoms with Crippen LogP contribution in [-0.2, 0) is 9.47 Å². The van der Waals surface area contributed by atoms with Crippen LogP contribution >= 0.6 is 0 Å². The molecule has 3 heteroatoms. The number of aliphatic hydroxyl groups is 1. The molecule has 0 aromatic carbocycles. The average molecular weight is 202 g/mol. The summed E-state index contributed by atoms with van der Waals surface area (Å²) in [7, 11) is 0. The van der Waals surface area contributed by atoms with Crippen LogP contribution in [-0.4, -0.2) is 36.6 Å². The highest BCUT2D eigenvalue weighted by atomic mass is 16.5. The fourth-order valence-electron chi connectivity index (χ4n) is 1.23. The fourth-order valence-corrected chi connectivity index (χ4v) is 1.23. The molecular weight excluding hydrogens is 180 g/mol. The van der Waals surface area contributed by atoms with Crippen LogP contribution in [0, 0.1) is 5.92 Å². The van der Waals surface area contributed by atoms with Crippen molar-refractivity contribution in [3.05, 3.63) is 0 Å². The predicted octanol–water partition coefficient (Wildman–Crippen LogP) is 1.59. The van der Waals surface area contributed by atoms with Gasteiger partial charge in [0, 0.05) is 0 Å². The third-order valence-corrected chi connectivity index (χ3v) is 2.22. The maximum atomic E-state index is 9.48. The SMILES string of the molecule is CC(C)(C)OCCOCC(O)C1CC1. The van der Waals surface area contributed by atoms with Crippen molar-refractivity contribution in [2.24, 2.45) is 5.92 Å². The molecule has 1 rings (SSSR count). The molecule has 3 nitrogen and oxygen atoms in total. The van der Waals surface area contributed by atoms with E-state index in [1.807, 2.05) is 20.8 Å². The van der Waals surface area contributed by atoms with Crippen LogP contribution in [0.25, 0.3) is 0 Å². The summed E-state index contributed by atoms with van der Waals surface area (Å²) in [6.07, 6.45) is 2.05. The Morgan fingerprint density at radius 2 is 1.93 bits per heavy atom. The quantitative estimate of drug-likeness (QED) is 0.665. The van der Waals surface area contributed by atoms with E-state index in [0.717, 1.165) is 12.8 Å². The van der Waals surface area contributed by atoms with E-state index in [2.05, 4.69) is 0 Å². The topological polar surface area (TPSA) is 38.7 Å². The summed E-state index contributed by atoms with van der Waals surface area (Å²) in [5.74, 6) is 0.499. The Balaban J connectivity index is 1.88. The first-order chi connectivity index (χ1) is 6.49. The summed E-state index contributed by atoms with van der Waals surface area (Å²) in [5.41, 5.74) is -0.0987. The maximum Gasteiger partial charge on any atom is 0.0801 e. The van der Waals surface area contributed by atoms with Crippen LogP contribution in [0.4, 0.5) is 0 Å². The summed E-state index contributed by atoms with van der Waals surface area (Å²) in [5, 5.41) is 9.48. The van der Waals surface area contributed by atoms with Gasteiger partial charge in [-0.15, -0.1) is 0 Å². The molecule has 0 amide bonds. The molecule has 0 aromatic rings. The first-order valence-corrected chi connectivity index (χ1v) is 5.39. The largest absolute Gasteiger partial charge is 0.390 e. The second-order valence-electron chi connectivity index (χ2n) is 4.94. The Morgan fingerprint density at radius 1 is 1.29 bits per heavy atom. The predicted molar refractivity (Wildman–Crippen MR) is 55.3 cm³/mol. The van der Waals surface area contributed by atoms with Gasteiger partial charge >= 0.3 is 0 Å². The van der Waals surface area contributed by atoms with Crippen molar-refractivity contribution >= 4 is 0 Å². The summed E-state index contributed by atoms with van der Waals surface area (Å²) in [6, 6.07) is 0. The second kappa shape index (κ2) is 5.10. The summed E-state index contributed by atoms with van der Waals surface area (Å²) in [6.45, 7) is 7.68. The zero-order valence-electron chi connectivity index (χ0n) is 9.45. The van der Waals surface area contributed by atoms with E-state index >= 15 is 0 Å². The number of rotatable bonds is 6. The van der Waals surface area contributed by atoms with Gasteiger partial charge in [-0.05, 0) is 39.5 Å². The van der Waals surface area contributed by atoms with Gasteiger partial charge < -0.3 is 14.6 Å². The van der Waals surface area contributed by atoms with E-state index in [9.17, 15) is 5.11 Å². The van der Waals surface area contributed by atoms with Gasteiger partial charge in [-0.25, -0.2) is 0 Å². The van der Waals surface area contributed by atoms with Gasteiger partial charge in [-0.3, -0.25) is 0 Å². The Bertz CT molecular complexity index is 158. The molecule has 0 saturated heterocycles. The van der Waals surface area contributed by atoms with E-state index < -0.39 is 0 Å². The van der Waals surface area contributed by atoms with Gasteiger partial charge in [0.2, 0.25) is 0 Å². The molecule has 1 atom stereocenters. The first-order valence-electron chi connectivity index (χ1n) is 5.39. The second-order valence-corrected chi connectivity index (χ2v) is 4.94. The molecule has 1 saturated carbocycles. The monoisotopic (exact) mass is 202 g/mol. The van der Waals surface area contributed by atoms with Crippen molar-refractivity contribution in [3.63, 3.8) is 0 Å². The zero-order chi connectivity index (χ0) is 10.6. The van der Waals surface area contributed by atoms with Gasteiger partial charge in [0.15, 0.2) is 0 Å². The lowest BCUT2D eigenvalue weighted by molar-refractivity contribution is -0.0496. The van der Waals surface area contributed by atoms with E-state index in [1.54, 1.807) is 0 Å². The van der Waals surface area contributed by atoms with Crippen LogP contribution in [0.1, 0.15) is 33.6 Å². The van der Waals surface area contributed by atoms with E-state index in [0.29, 0.717) is 25.7 Å². The molecule has 0 aliphatic heterocycles. The molecule has 14 heavy (non-hydrogen) atoms. The average Bonchev–Trinajstić information content (AvgIpc) is 2.83. The molecule has 1 unspecified atom stereocenters. The minimum atomic E-state index is -0.260. The van der Waals surface area contributed by atoms with Crippen molar-refractivity contribution < 1.29 is 14.6 Å². The molecule has 1 fully saturated rings. The highest BCUT2D eigenvalue weighted by molar-refractivity contribution is 4.80. The Hall–Kier alpha value is -0.120. The molecule has 84 valence electrons. The van der Waals surface area contributed by atoms with Crippen molar-refractivity contribution in [2.45, 2.75) is 45.3 Å². The lowest BCUT2D eigenvalue weighted by Gasteiger charge is -2.19. The maximum absolute atomic E-state index is 9.48. The lowest BCUT2D eigenvalue weighted by Crippen LogP contribution is -2.24. The van der Waals surface area contributed by atoms with Gasteiger partial charge in [-0.2, -0.15) is 0 Å². The van der Waals surface area contributed by atoms with Crippen molar-refractivity contribution in [3.8, 4) is 0 Å². The van der Waals surface area contributed by atoms with Crippen LogP contribution in [0.15, 0.2) is 0 Å². The zero-order valence-corrected chi connectivity index (χ0v) is 9.45. The van der Waals surface area contributed by atoms with Gasteiger partial charge in [0.05, 0.1) is 31.5 Å². The molecule has 0 aromatic heterocycles. The fraction of sp³-hybridized carbons (Fsp3) is 1.00. The number of ether oxygens (including phenoxy) is 2. The van der Waals surface area contributed by atoms with E-state index in [-0.39, 0.29) is 11.7 Å². The Kier molecular flexibility index (Phi) is 4.35. The normalized spacial score (nSPS) is 19.7. The minimum absolute atomic E-state index is 0.0987. The number of hydrogen-bond donors (Lipinski definition) is 1. The Labute approximate surface area is 86.4 Å².